The molecule has 0 fully saturated rings. The third kappa shape index (κ3) is 5.45. The molecule has 0 aliphatic heterocycles. The van der Waals surface area contributed by atoms with E-state index in [1.807, 2.05) is 62.0 Å². The molecule has 2 N–H and O–H groups in total. The second kappa shape index (κ2) is 9.66. The first kappa shape index (κ1) is 24.9. The first-order chi connectivity index (χ1) is 15.4. The van der Waals surface area contributed by atoms with E-state index in [2.05, 4.69) is 51.2 Å². The lowest BCUT2D eigenvalue weighted by atomic mass is 9.88. The van der Waals surface area contributed by atoms with Gasteiger partial charge < -0.3 is 10.4 Å². The summed E-state index contributed by atoms with van der Waals surface area (Å²) in [6.07, 6.45) is 3.89. The maximum atomic E-state index is 11.5. The minimum atomic E-state index is 0.0202. The largest absolute Gasteiger partial charge is 0.502 e. The van der Waals surface area contributed by atoms with Gasteiger partial charge >= 0.3 is 0 Å². The van der Waals surface area contributed by atoms with E-state index in [-0.39, 0.29) is 11.2 Å². The number of thiocarbonyl (C=S) groups is 1. The number of anilines is 1. The van der Waals surface area contributed by atoms with Crippen molar-refractivity contribution in [3.05, 3.63) is 93.3 Å². The van der Waals surface area contributed by atoms with E-state index in [0.29, 0.717) is 15.7 Å². The topological polar surface area (TPSA) is 36.1 Å². The summed E-state index contributed by atoms with van der Waals surface area (Å²) in [4.78, 5) is 0.406. The van der Waals surface area contributed by atoms with Crippen molar-refractivity contribution >= 4 is 46.0 Å². The summed E-state index contributed by atoms with van der Waals surface area (Å²) >= 11 is 12.1. The van der Waals surface area contributed by atoms with E-state index in [9.17, 15) is 5.11 Å². The standard InChI is InChI=1S/C28H31ClN2OS/c1-17-15-19(3)22(16-18(17)2)26(32)25(31-13-11-21(12-14-31)28(5,6)7)27(33)30-24-10-8-9-23(29)20(24)4/h8-16H,1-7H3,(H-,30,32,33)/p+1. The fourth-order valence-corrected chi connectivity index (χ4v) is 4.18. The number of pyridine rings is 1. The zero-order valence-electron chi connectivity index (χ0n) is 20.4. The molecule has 1 aromatic heterocycles. The number of hydrogen-bond donors (Lipinski definition) is 2. The molecule has 0 aliphatic carbocycles. The molecule has 0 saturated heterocycles. The summed E-state index contributed by atoms with van der Waals surface area (Å²) in [6.45, 7) is 14.6. The first-order valence-corrected chi connectivity index (χ1v) is 11.8. The van der Waals surface area contributed by atoms with Crippen molar-refractivity contribution in [2.45, 2.75) is 53.9 Å². The van der Waals surface area contributed by atoms with E-state index >= 15 is 0 Å². The number of nitrogens with zero attached hydrogens (tertiary/aromatic N) is 1. The van der Waals surface area contributed by atoms with Gasteiger partial charge in [0.2, 0.25) is 0 Å². The molecule has 0 amide bonds. The second-order valence-corrected chi connectivity index (χ2v) is 10.4. The van der Waals surface area contributed by atoms with Crippen LogP contribution in [0.15, 0.2) is 54.9 Å². The molecule has 0 aliphatic rings. The van der Waals surface area contributed by atoms with Crippen molar-refractivity contribution in [1.29, 1.82) is 0 Å². The Morgan fingerprint density at radius 3 is 2.15 bits per heavy atom. The summed E-state index contributed by atoms with van der Waals surface area (Å²) < 4.78 is 1.87. The van der Waals surface area contributed by atoms with Crippen LogP contribution in [-0.4, -0.2) is 10.1 Å². The molecule has 0 unspecified atom stereocenters. The Hall–Kier alpha value is -2.69. The van der Waals surface area contributed by atoms with Crippen LogP contribution in [0.2, 0.25) is 5.02 Å². The lowest BCUT2D eigenvalue weighted by molar-refractivity contribution is -0.575. The predicted molar refractivity (Wildman–Crippen MR) is 144 cm³/mol. The Morgan fingerprint density at radius 2 is 1.55 bits per heavy atom. The Balaban J connectivity index is 2.18. The van der Waals surface area contributed by atoms with Crippen LogP contribution in [0, 0.1) is 27.7 Å². The van der Waals surface area contributed by atoms with Crippen LogP contribution in [0.4, 0.5) is 5.69 Å². The van der Waals surface area contributed by atoms with Gasteiger partial charge in [-0.25, -0.2) is 0 Å². The van der Waals surface area contributed by atoms with E-state index in [0.717, 1.165) is 27.9 Å². The molecule has 0 spiro atoms. The monoisotopic (exact) mass is 479 g/mol. The van der Waals surface area contributed by atoms with E-state index in [4.69, 9.17) is 23.8 Å². The maximum absolute atomic E-state index is 11.5. The highest BCUT2D eigenvalue weighted by Gasteiger charge is 2.26. The highest BCUT2D eigenvalue weighted by atomic mass is 35.5. The number of aryl methyl sites for hydroxylation is 3. The minimum absolute atomic E-state index is 0.0202. The Labute approximate surface area is 207 Å². The maximum Gasteiger partial charge on any atom is 0.288 e. The van der Waals surface area contributed by atoms with Crippen LogP contribution in [0.5, 0.6) is 0 Å². The van der Waals surface area contributed by atoms with Gasteiger partial charge in [0.05, 0.1) is 0 Å². The molecule has 2 aromatic carbocycles. The molecular formula is C28H32ClN2OS+. The van der Waals surface area contributed by atoms with Crippen molar-refractivity contribution in [3.63, 3.8) is 0 Å². The molecule has 0 atom stereocenters. The van der Waals surface area contributed by atoms with E-state index in [1.165, 1.54) is 11.1 Å². The summed E-state index contributed by atoms with van der Waals surface area (Å²) in [5, 5.41) is 15.5. The van der Waals surface area contributed by atoms with Gasteiger partial charge in [-0.3, -0.25) is 0 Å². The van der Waals surface area contributed by atoms with Gasteiger partial charge in [-0.15, -0.1) is 0 Å². The quantitative estimate of drug-likeness (QED) is 0.176. The molecule has 0 radical (unpaired) electrons. The van der Waals surface area contributed by atoms with Gasteiger partial charge in [0.15, 0.2) is 23.1 Å². The second-order valence-electron chi connectivity index (χ2n) is 9.56. The van der Waals surface area contributed by atoms with Crippen molar-refractivity contribution in [1.82, 2.24) is 0 Å². The van der Waals surface area contributed by atoms with Gasteiger partial charge in [-0.05, 0) is 79.1 Å². The highest BCUT2D eigenvalue weighted by Crippen LogP contribution is 2.28. The van der Waals surface area contributed by atoms with Crippen molar-refractivity contribution < 1.29 is 9.67 Å². The predicted octanol–water partition coefficient (Wildman–Crippen LogP) is 7.48. The number of aliphatic hydroxyl groups is 1. The lowest BCUT2D eigenvalue weighted by Crippen LogP contribution is -2.39. The van der Waals surface area contributed by atoms with Gasteiger partial charge in [0.25, 0.3) is 5.70 Å². The van der Waals surface area contributed by atoms with Gasteiger partial charge in [-0.1, -0.05) is 56.7 Å². The average molecular weight is 480 g/mol. The van der Waals surface area contributed by atoms with Crippen molar-refractivity contribution in [3.8, 4) is 0 Å². The van der Waals surface area contributed by atoms with Crippen LogP contribution >= 0.6 is 23.8 Å². The summed E-state index contributed by atoms with van der Waals surface area (Å²) in [6, 6.07) is 13.9. The number of nitrogens with one attached hydrogen (secondary N) is 1. The highest BCUT2D eigenvalue weighted by molar-refractivity contribution is 7.81. The van der Waals surface area contributed by atoms with Crippen LogP contribution < -0.4 is 9.88 Å². The van der Waals surface area contributed by atoms with Crippen LogP contribution in [0.25, 0.3) is 11.5 Å². The summed E-state index contributed by atoms with van der Waals surface area (Å²) in [5.41, 5.74) is 7.47. The smallest absolute Gasteiger partial charge is 0.288 e. The molecule has 0 bridgehead atoms. The number of halogens is 1. The van der Waals surface area contributed by atoms with Gasteiger partial charge in [0, 0.05) is 28.4 Å². The van der Waals surface area contributed by atoms with Crippen molar-refractivity contribution in [2.24, 2.45) is 0 Å². The molecule has 3 nitrogen and oxygen atoms in total. The van der Waals surface area contributed by atoms with Gasteiger partial charge in [-0.2, -0.15) is 4.57 Å². The first-order valence-electron chi connectivity index (χ1n) is 11.0. The molecule has 172 valence electrons. The molecule has 1 heterocycles. The minimum Gasteiger partial charge on any atom is -0.502 e. The zero-order valence-corrected chi connectivity index (χ0v) is 21.9. The SMILES string of the molecule is Cc1cc(C)c(/C(O)=C(/C(=S)Nc2cccc(Cl)c2C)[n+]2ccc(C(C)(C)C)cc2)cc1C. The molecule has 0 saturated carbocycles. The number of hydrogen-bond acceptors (Lipinski definition) is 2. The average Bonchev–Trinajstić information content (AvgIpc) is 2.74. The van der Waals surface area contributed by atoms with Crippen LogP contribution in [0.3, 0.4) is 0 Å². The normalized spacial score (nSPS) is 12.4. The molecular weight excluding hydrogens is 448 g/mol. The molecule has 3 rings (SSSR count). The van der Waals surface area contributed by atoms with E-state index < -0.39 is 0 Å². The van der Waals surface area contributed by atoms with E-state index in [1.54, 1.807) is 0 Å². The third-order valence-corrected chi connectivity index (χ3v) is 6.71. The van der Waals surface area contributed by atoms with Crippen molar-refractivity contribution in [2.75, 3.05) is 5.32 Å². The summed E-state index contributed by atoms with van der Waals surface area (Å²) in [7, 11) is 0. The van der Waals surface area contributed by atoms with Crippen LogP contribution in [0.1, 0.15) is 54.2 Å². The number of benzene rings is 2. The molecule has 33 heavy (non-hydrogen) atoms. The van der Waals surface area contributed by atoms with Gasteiger partial charge in [0.1, 0.15) is 0 Å². The zero-order chi connectivity index (χ0) is 24.5. The molecule has 5 heteroatoms. The Bertz CT molecular complexity index is 1240. The molecule has 3 aromatic rings. The number of aromatic nitrogens is 1. The lowest BCUT2D eigenvalue weighted by Gasteiger charge is -2.18. The fourth-order valence-electron chi connectivity index (χ4n) is 3.69. The Morgan fingerprint density at radius 1 is 0.939 bits per heavy atom. The third-order valence-electron chi connectivity index (χ3n) is 6.00. The summed E-state index contributed by atoms with van der Waals surface area (Å²) in [5.74, 6) is 0.126. The Kier molecular flexibility index (Phi) is 7.30. The number of rotatable bonds is 4. The fraction of sp³-hybridized carbons (Fsp3) is 0.286. The van der Waals surface area contributed by atoms with Crippen LogP contribution in [-0.2, 0) is 5.41 Å². The number of aliphatic hydroxyl groups excluding tert-OH is 1.